The summed E-state index contributed by atoms with van der Waals surface area (Å²) in [5.74, 6) is 2.55. The van der Waals surface area contributed by atoms with Crippen LogP contribution < -0.4 is 28.4 Å². The van der Waals surface area contributed by atoms with Gasteiger partial charge in [-0.15, -0.1) is 0 Å². The zero-order chi connectivity index (χ0) is 42.8. The predicted molar refractivity (Wildman–Crippen MR) is 226 cm³/mol. The minimum Gasteiger partial charge on any atom is -0.493 e. The van der Waals surface area contributed by atoms with E-state index in [1.807, 2.05) is 30.3 Å². The maximum absolute atomic E-state index is 12.8. The maximum Gasteiger partial charge on any atom is 0.350 e. The van der Waals surface area contributed by atoms with Crippen molar-refractivity contribution in [1.82, 2.24) is 4.90 Å². The Balaban J connectivity index is 1.31. The maximum atomic E-state index is 12.8. The number of esters is 2. The Morgan fingerprint density at radius 1 is 0.729 bits per heavy atom. The van der Waals surface area contributed by atoms with E-state index in [2.05, 4.69) is 37.1 Å². The zero-order valence-electron chi connectivity index (χ0n) is 35.9. The standard InChI is InChI=1S/C45H62ClN2O11/c1-9-21-57-24-18-47(31-33-13-15-39(52-4)41(27-33)54-6)17-10-22-58-44(49)30-36(46)45(50)59-23-11-19-48(2)20-16-34-28-42(55-7)43(56-8)29-35(34)37(48)25-32-12-14-38(51-3)40(26-32)53-5/h12-15,26-30,37H,9-11,16-25,31H2,1-8H3/q+1/b36-30-/t37-,48-/m1/s1. The molecule has 1 aliphatic heterocycles. The van der Waals surface area contributed by atoms with E-state index in [1.165, 1.54) is 11.1 Å². The van der Waals surface area contributed by atoms with Gasteiger partial charge in [-0.05, 0) is 65.9 Å². The Labute approximate surface area is 354 Å². The molecule has 0 saturated carbocycles. The second-order valence-electron chi connectivity index (χ2n) is 14.6. The van der Waals surface area contributed by atoms with Gasteiger partial charge in [0.2, 0.25) is 0 Å². The lowest BCUT2D eigenvalue weighted by atomic mass is 9.86. The molecule has 14 heteroatoms. The second-order valence-corrected chi connectivity index (χ2v) is 15.0. The van der Waals surface area contributed by atoms with Crippen LogP contribution in [0.25, 0.3) is 0 Å². The van der Waals surface area contributed by atoms with Gasteiger partial charge in [0.25, 0.3) is 0 Å². The van der Waals surface area contributed by atoms with Gasteiger partial charge in [-0.1, -0.05) is 30.7 Å². The van der Waals surface area contributed by atoms with Crippen molar-refractivity contribution in [1.29, 1.82) is 0 Å². The first kappa shape index (κ1) is 47.0. The van der Waals surface area contributed by atoms with Gasteiger partial charge < -0.3 is 47.1 Å². The summed E-state index contributed by atoms with van der Waals surface area (Å²) in [4.78, 5) is 27.7. The summed E-state index contributed by atoms with van der Waals surface area (Å²) in [6, 6.07) is 16.0. The normalized spacial score (nSPS) is 16.2. The molecule has 0 aromatic heterocycles. The molecule has 0 N–H and O–H groups in total. The highest BCUT2D eigenvalue weighted by atomic mass is 35.5. The number of methoxy groups -OCH3 is 6. The first-order valence-electron chi connectivity index (χ1n) is 20.0. The third kappa shape index (κ3) is 13.4. The predicted octanol–water partition coefficient (Wildman–Crippen LogP) is 6.94. The van der Waals surface area contributed by atoms with Gasteiger partial charge in [0.15, 0.2) is 34.5 Å². The number of rotatable bonds is 25. The molecule has 1 aliphatic rings. The minimum absolute atomic E-state index is 0.0537. The Kier molecular flexibility index (Phi) is 18.9. The molecule has 1 heterocycles. The third-order valence-corrected chi connectivity index (χ3v) is 10.9. The van der Waals surface area contributed by atoms with Crippen LogP contribution in [-0.4, -0.2) is 124 Å². The van der Waals surface area contributed by atoms with Crippen LogP contribution in [0.4, 0.5) is 0 Å². The summed E-state index contributed by atoms with van der Waals surface area (Å²) < 4.78 is 50.6. The van der Waals surface area contributed by atoms with Crippen molar-refractivity contribution in [2.45, 2.75) is 51.6 Å². The van der Waals surface area contributed by atoms with Gasteiger partial charge in [0.1, 0.15) is 11.1 Å². The van der Waals surface area contributed by atoms with E-state index < -0.39 is 11.9 Å². The molecule has 3 aromatic rings. The summed E-state index contributed by atoms with van der Waals surface area (Å²) in [7, 11) is 12.0. The monoisotopic (exact) mass is 841 g/mol. The quantitative estimate of drug-likeness (QED) is 0.0381. The Bertz CT molecular complexity index is 1850. The molecule has 4 rings (SSSR count). The van der Waals surface area contributed by atoms with Crippen LogP contribution in [0.15, 0.2) is 59.6 Å². The first-order valence-corrected chi connectivity index (χ1v) is 20.4. The van der Waals surface area contributed by atoms with Crippen LogP contribution in [0.2, 0.25) is 0 Å². The second kappa shape index (κ2) is 23.8. The van der Waals surface area contributed by atoms with Crippen LogP contribution >= 0.6 is 11.6 Å². The Hall–Kier alpha value is -4.69. The number of hydrogen-bond donors (Lipinski definition) is 0. The van der Waals surface area contributed by atoms with Gasteiger partial charge in [-0.2, -0.15) is 0 Å². The van der Waals surface area contributed by atoms with Gasteiger partial charge in [0, 0.05) is 57.1 Å². The van der Waals surface area contributed by atoms with E-state index in [4.69, 9.17) is 54.2 Å². The number of carbonyl (C=O) groups excluding carboxylic acids is 2. The lowest BCUT2D eigenvalue weighted by Crippen LogP contribution is -2.52. The van der Waals surface area contributed by atoms with Crippen LogP contribution in [0.3, 0.4) is 0 Å². The fourth-order valence-corrected chi connectivity index (χ4v) is 7.58. The molecule has 0 fully saturated rings. The molecular formula is C45H62ClN2O11+. The van der Waals surface area contributed by atoms with Gasteiger partial charge in [0.05, 0.1) is 82.6 Å². The minimum atomic E-state index is -0.776. The van der Waals surface area contributed by atoms with Crippen molar-refractivity contribution in [3.05, 3.63) is 81.9 Å². The van der Waals surface area contributed by atoms with Crippen LogP contribution in [-0.2, 0) is 43.2 Å². The number of benzene rings is 3. The lowest BCUT2D eigenvalue weighted by molar-refractivity contribution is -0.941. The van der Waals surface area contributed by atoms with Gasteiger partial charge in [-0.3, -0.25) is 4.90 Å². The topological polar surface area (TPSA) is 120 Å². The van der Waals surface area contributed by atoms with E-state index in [-0.39, 0.29) is 24.3 Å². The Morgan fingerprint density at radius 3 is 1.97 bits per heavy atom. The smallest absolute Gasteiger partial charge is 0.350 e. The molecule has 0 radical (unpaired) electrons. The largest absolute Gasteiger partial charge is 0.493 e. The average Bonchev–Trinajstić information content (AvgIpc) is 3.25. The average molecular weight is 842 g/mol. The number of carbonyl (C=O) groups is 2. The van der Waals surface area contributed by atoms with Gasteiger partial charge >= 0.3 is 11.9 Å². The van der Waals surface area contributed by atoms with E-state index in [1.54, 1.807) is 42.7 Å². The summed E-state index contributed by atoms with van der Waals surface area (Å²) in [6.07, 6.45) is 4.62. The number of hydrogen-bond acceptors (Lipinski definition) is 12. The molecule has 2 atom stereocenters. The van der Waals surface area contributed by atoms with E-state index in [0.29, 0.717) is 84.7 Å². The molecule has 0 aliphatic carbocycles. The number of likely N-dealkylation sites (N-methyl/N-ethyl adjacent to an activating group) is 1. The summed E-state index contributed by atoms with van der Waals surface area (Å²) in [5, 5.41) is -0.335. The molecule has 0 spiro atoms. The molecule has 0 unspecified atom stereocenters. The fraction of sp³-hybridized carbons (Fsp3) is 0.511. The van der Waals surface area contributed by atoms with Crippen molar-refractivity contribution in [2.75, 3.05) is 102 Å². The van der Waals surface area contributed by atoms with Crippen molar-refractivity contribution in [3.8, 4) is 34.5 Å². The highest BCUT2D eigenvalue weighted by Gasteiger charge is 2.40. The number of nitrogens with zero attached hydrogens (tertiary/aromatic N) is 2. The molecule has 0 bridgehead atoms. The molecule has 324 valence electrons. The number of quaternary nitrogens is 1. The van der Waals surface area contributed by atoms with Crippen molar-refractivity contribution < 1.29 is 56.7 Å². The van der Waals surface area contributed by atoms with Crippen LogP contribution in [0, 0.1) is 0 Å². The lowest BCUT2D eigenvalue weighted by Gasteiger charge is -2.46. The van der Waals surface area contributed by atoms with Gasteiger partial charge in [-0.25, -0.2) is 9.59 Å². The van der Waals surface area contributed by atoms with Crippen molar-refractivity contribution >= 4 is 23.5 Å². The molecule has 59 heavy (non-hydrogen) atoms. The molecule has 13 nitrogen and oxygen atoms in total. The summed E-state index contributed by atoms with van der Waals surface area (Å²) in [5.41, 5.74) is 4.54. The van der Waals surface area contributed by atoms with Crippen molar-refractivity contribution in [3.63, 3.8) is 0 Å². The van der Waals surface area contributed by atoms with E-state index in [0.717, 1.165) is 49.6 Å². The highest BCUT2D eigenvalue weighted by molar-refractivity contribution is 6.42. The summed E-state index contributed by atoms with van der Waals surface area (Å²) in [6.45, 7) is 7.21. The number of fused-ring (bicyclic) bond motifs is 1. The van der Waals surface area contributed by atoms with Crippen LogP contribution in [0.5, 0.6) is 34.5 Å². The fourth-order valence-electron chi connectivity index (χ4n) is 7.43. The first-order chi connectivity index (χ1) is 28.5. The molecular weight excluding hydrogens is 780 g/mol. The highest BCUT2D eigenvalue weighted by Crippen LogP contribution is 2.43. The third-order valence-electron chi connectivity index (χ3n) is 10.6. The molecule has 0 amide bonds. The summed E-state index contributed by atoms with van der Waals surface area (Å²) >= 11 is 6.23. The van der Waals surface area contributed by atoms with Crippen LogP contribution in [0.1, 0.15) is 54.5 Å². The number of halogens is 1. The number of ether oxygens (including phenoxy) is 9. The molecule has 3 aromatic carbocycles. The van der Waals surface area contributed by atoms with E-state index in [9.17, 15) is 9.59 Å². The van der Waals surface area contributed by atoms with Crippen molar-refractivity contribution in [2.24, 2.45) is 0 Å². The Morgan fingerprint density at radius 2 is 1.32 bits per heavy atom. The molecule has 0 saturated heterocycles. The zero-order valence-corrected chi connectivity index (χ0v) is 36.7. The van der Waals surface area contributed by atoms with E-state index >= 15 is 0 Å². The SMILES string of the molecule is CCCOCCN(CCCOC(=O)/C=C(\Cl)C(=O)OCCC[N@+]1(C)CCc2cc(OC)c(OC)cc2[C@H]1Cc1ccc(OC)c(OC)c1)Cc1ccc(OC)c(OC)c1.